The zero-order chi connectivity index (χ0) is 22.2. The summed E-state index contributed by atoms with van der Waals surface area (Å²) in [6.07, 6.45) is 0.787. The lowest BCUT2D eigenvalue weighted by Crippen LogP contribution is -2.11. The number of ketones is 1. The third-order valence-electron chi connectivity index (χ3n) is 4.65. The van der Waals surface area contributed by atoms with E-state index in [1.54, 1.807) is 14.0 Å². The minimum Gasteiger partial charge on any atom is -0.497 e. The highest BCUT2D eigenvalue weighted by Crippen LogP contribution is 2.26. The number of hydrogen-bond acceptors (Lipinski definition) is 7. The number of ether oxygens (including phenoxy) is 1. The molecule has 1 aromatic heterocycles. The summed E-state index contributed by atoms with van der Waals surface area (Å²) in [7, 11) is 1.62. The highest BCUT2D eigenvalue weighted by Gasteiger charge is 2.18. The van der Waals surface area contributed by atoms with E-state index in [2.05, 4.69) is 22.3 Å². The summed E-state index contributed by atoms with van der Waals surface area (Å²) in [6.45, 7) is 2.19. The summed E-state index contributed by atoms with van der Waals surface area (Å²) in [6, 6.07) is 19.6. The highest BCUT2D eigenvalue weighted by molar-refractivity contribution is 7.99. The number of allylic oxidation sites excluding steroid dienone is 2. The SMILES string of the molecule is COc1ccc(-c2nnc(SCC(=O)C(C#N)=C(C)N)n2CCc2ccccc2)cc1. The largest absolute Gasteiger partial charge is 0.497 e. The van der Waals surface area contributed by atoms with Gasteiger partial charge < -0.3 is 15.0 Å². The van der Waals surface area contributed by atoms with Crippen LogP contribution in [0.25, 0.3) is 11.4 Å². The quantitative estimate of drug-likeness (QED) is 0.312. The highest BCUT2D eigenvalue weighted by atomic mass is 32.2. The van der Waals surface area contributed by atoms with Gasteiger partial charge in [-0.3, -0.25) is 4.79 Å². The van der Waals surface area contributed by atoms with Gasteiger partial charge in [-0.25, -0.2) is 0 Å². The molecule has 7 nitrogen and oxygen atoms in total. The van der Waals surface area contributed by atoms with E-state index >= 15 is 0 Å². The number of aryl methyl sites for hydroxylation is 1. The van der Waals surface area contributed by atoms with Gasteiger partial charge in [0.2, 0.25) is 0 Å². The van der Waals surface area contributed by atoms with Crippen LogP contribution in [0.2, 0.25) is 0 Å². The number of carbonyl (C=O) groups excluding carboxylic acids is 1. The molecule has 0 saturated heterocycles. The van der Waals surface area contributed by atoms with Crippen molar-refractivity contribution < 1.29 is 9.53 Å². The maximum absolute atomic E-state index is 12.4. The van der Waals surface area contributed by atoms with Gasteiger partial charge in [0, 0.05) is 17.8 Å². The minimum absolute atomic E-state index is 0.0155. The van der Waals surface area contributed by atoms with Crippen LogP contribution in [0, 0.1) is 11.3 Å². The molecule has 0 fully saturated rings. The van der Waals surface area contributed by atoms with Crippen LogP contribution in [0.15, 0.2) is 71.0 Å². The van der Waals surface area contributed by atoms with Crippen molar-refractivity contribution in [1.29, 1.82) is 5.26 Å². The van der Waals surface area contributed by atoms with Crippen molar-refractivity contribution in [3.8, 4) is 23.2 Å². The molecule has 0 spiro atoms. The third-order valence-corrected chi connectivity index (χ3v) is 5.62. The van der Waals surface area contributed by atoms with Gasteiger partial charge in [-0.05, 0) is 43.2 Å². The first-order valence-electron chi connectivity index (χ1n) is 9.67. The fourth-order valence-corrected chi connectivity index (χ4v) is 3.85. The Morgan fingerprint density at radius 2 is 1.87 bits per heavy atom. The molecule has 0 aliphatic carbocycles. The number of thioether (sulfide) groups is 1. The lowest BCUT2D eigenvalue weighted by atomic mass is 10.1. The van der Waals surface area contributed by atoms with Crippen LogP contribution in [0.5, 0.6) is 5.75 Å². The molecular weight excluding hydrogens is 410 g/mol. The van der Waals surface area contributed by atoms with Crippen molar-refractivity contribution >= 4 is 17.5 Å². The van der Waals surface area contributed by atoms with Gasteiger partial charge in [-0.2, -0.15) is 5.26 Å². The van der Waals surface area contributed by atoms with Gasteiger partial charge in [-0.15, -0.1) is 10.2 Å². The van der Waals surface area contributed by atoms with E-state index in [1.165, 1.54) is 17.3 Å². The molecule has 8 heteroatoms. The van der Waals surface area contributed by atoms with Gasteiger partial charge in [0.05, 0.1) is 12.9 Å². The fraction of sp³-hybridized carbons (Fsp3) is 0.217. The Labute approximate surface area is 185 Å². The maximum atomic E-state index is 12.4. The minimum atomic E-state index is -0.323. The van der Waals surface area contributed by atoms with Crippen molar-refractivity contribution in [2.24, 2.45) is 5.73 Å². The van der Waals surface area contributed by atoms with Gasteiger partial charge >= 0.3 is 0 Å². The topological polar surface area (TPSA) is 107 Å². The van der Waals surface area contributed by atoms with Crippen molar-refractivity contribution in [3.05, 3.63) is 71.4 Å². The smallest absolute Gasteiger partial charge is 0.191 e. The summed E-state index contributed by atoms with van der Waals surface area (Å²) in [5, 5.41) is 18.5. The molecule has 31 heavy (non-hydrogen) atoms. The van der Waals surface area contributed by atoms with E-state index in [0.717, 1.165) is 17.7 Å². The summed E-state index contributed by atoms with van der Waals surface area (Å²) in [5.74, 6) is 1.20. The number of aromatic nitrogens is 3. The second kappa shape index (κ2) is 10.5. The molecule has 0 saturated carbocycles. The molecule has 0 aliphatic heterocycles. The second-order valence-corrected chi connectivity index (χ2v) is 7.75. The van der Waals surface area contributed by atoms with Crippen LogP contribution in [0.4, 0.5) is 0 Å². The van der Waals surface area contributed by atoms with Crippen LogP contribution >= 0.6 is 11.8 Å². The Kier molecular flexibility index (Phi) is 7.46. The van der Waals surface area contributed by atoms with Crippen LogP contribution in [0.1, 0.15) is 12.5 Å². The number of carbonyl (C=O) groups is 1. The Balaban J connectivity index is 1.87. The number of benzene rings is 2. The molecule has 0 radical (unpaired) electrons. The molecule has 158 valence electrons. The fourth-order valence-electron chi connectivity index (χ4n) is 3.01. The Bertz CT molecular complexity index is 1110. The zero-order valence-corrected chi connectivity index (χ0v) is 18.2. The lowest BCUT2D eigenvalue weighted by Gasteiger charge is -2.11. The molecule has 0 aliphatic rings. The number of Topliss-reactive ketones (excluding diaryl/α,β-unsaturated/α-hetero) is 1. The van der Waals surface area contributed by atoms with E-state index in [0.29, 0.717) is 17.5 Å². The predicted molar refractivity (Wildman–Crippen MR) is 120 cm³/mol. The van der Waals surface area contributed by atoms with Crippen molar-refractivity contribution in [2.45, 2.75) is 25.0 Å². The van der Waals surface area contributed by atoms with E-state index in [9.17, 15) is 4.79 Å². The molecule has 0 unspecified atom stereocenters. The Morgan fingerprint density at radius 1 is 1.16 bits per heavy atom. The second-order valence-electron chi connectivity index (χ2n) is 6.80. The molecule has 0 bridgehead atoms. The maximum Gasteiger partial charge on any atom is 0.191 e. The molecule has 3 rings (SSSR count). The predicted octanol–water partition coefficient (Wildman–Crippen LogP) is 3.61. The van der Waals surface area contributed by atoms with E-state index in [-0.39, 0.29) is 22.8 Å². The summed E-state index contributed by atoms with van der Waals surface area (Å²) >= 11 is 1.25. The number of methoxy groups -OCH3 is 1. The first-order valence-corrected chi connectivity index (χ1v) is 10.7. The number of rotatable bonds is 9. The zero-order valence-electron chi connectivity index (χ0n) is 17.4. The van der Waals surface area contributed by atoms with Crippen LogP contribution in [-0.2, 0) is 17.8 Å². The van der Waals surface area contributed by atoms with Crippen molar-refractivity contribution in [3.63, 3.8) is 0 Å². The van der Waals surface area contributed by atoms with E-state index in [1.807, 2.05) is 53.1 Å². The number of hydrogen-bond donors (Lipinski definition) is 1. The molecule has 0 amide bonds. The van der Waals surface area contributed by atoms with E-state index < -0.39 is 0 Å². The summed E-state index contributed by atoms with van der Waals surface area (Å²) in [5.41, 5.74) is 7.94. The van der Waals surface area contributed by atoms with Gasteiger partial charge in [-0.1, -0.05) is 42.1 Å². The monoisotopic (exact) mass is 433 g/mol. The first kappa shape index (κ1) is 22.1. The third kappa shape index (κ3) is 5.53. The van der Waals surface area contributed by atoms with Crippen molar-refractivity contribution in [2.75, 3.05) is 12.9 Å². The van der Waals surface area contributed by atoms with Crippen LogP contribution < -0.4 is 10.5 Å². The molecule has 2 N–H and O–H groups in total. The number of nitriles is 1. The first-order chi connectivity index (χ1) is 15.0. The van der Waals surface area contributed by atoms with Gasteiger partial charge in [0.15, 0.2) is 16.8 Å². The Hall–Kier alpha value is -3.57. The summed E-state index contributed by atoms with van der Waals surface area (Å²) in [4.78, 5) is 12.4. The normalized spacial score (nSPS) is 11.5. The molecular formula is C23H23N5O2S. The number of nitrogens with zero attached hydrogens (tertiary/aromatic N) is 4. The molecule has 1 heterocycles. The van der Waals surface area contributed by atoms with Crippen LogP contribution in [-0.4, -0.2) is 33.4 Å². The van der Waals surface area contributed by atoms with E-state index in [4.69, 9.17) is 15.7 Å². The lowest BCUT2D eigenvalue weighted by molar-refractivity contribution is -0.112. The Morgan fingerprint density at radius 3 is 2.48 bits per heavy atom. The standard InChI is InChI=1S/C23H23N5O2S/c1-16(25)20(14-24)21(29)15-31-23-27-26-22(18-8-10-19(30-2)11-9-18)28(23)13-12-17-6-4-3-5-7-17/h3-11H,12-13,15,25H2,1-2H3. The van der Waals surface area contributed by atoms with Gasteiger partial charge in [0.25, 0.3) is 0 Å². The molecule has 2 aromatic carbocycles. The molecule has 0 atom stereocenters. The summed E-state index contributed by atoms with van der Waals surface area (Å²) < 4.78 is 7.24. The molecule has 3 aromatic rings. The van der Waals surface area contributed by atoms with Crippen molar-refractivity contribution in [1.82, 2.24) is 14.8 Å². The van der Waals surface area contributed by atoms with Crippen LogP contribution in [0.3, 0.4) is 0 Å². The number of nitrogens with two attached hydrogens (primary N) is 1. The average molecular weight is 434 g/mol. The average Bonchev–Trinajstić information content (AvgIpc) is 3.20. The van der Waals surface area contributed by atoms with Gasteiger partial charge in [0.1, 0.15) is 17.4 Å².